The molecule has 2 aromatic heterocycles. The van der Waals surface area contributed by atoms with Crippen LogP contribution in [0.2, 0.25) is 0 Å². The highest BCUT2D eigenvalue weighted by atomic mass is 32.1. The highest BCUT2D eigenvalue weighted by molar-refractivity contribution is 7.09. The van der Waals surface area contributed by atoms with Crippen LogP contribution < -0.4 is 16.0 Å². The zero-order valence-corrected chi connectivity index (χ0v) is 30.1. The van der Waals surface area contributed by atoms with Gasteiger partial charge in [0, 0.05) is 24.4 Å². The van der Waals surface area contributed by atoms with E-state index in [1.54, 1.807) is 18.4 Å². The smallest absolute Gasteiger partial charge is 0.407 e. The van der Waals surface area contributed by atoms with Gasteiger partial charge in [-0.25, -0.2) is 19.6 Å². The van der Waals surface area contributed by atoms with E-state index in [1.807, 2.05) is 79.9 Å². The summed E-state index contributed by atoms with van der Waals surface area (Å²) in [6.07, 6.45) is 1.75. The number of aliphatic hydroxyl groups excluding tert-OH is 1. The fourth-order valence-corrected chi connectivity index (χ4v) is 6.21. The van der Waals surface area contributed by atoms with Gasteiger partial charge in [0.25, 0.3) is 0 Å². The van der Waals surface area contributed by atoms with Gasteiger partial charge >= 0.3 is 12.1 Å². The van der Waals surface area contributed by atoms with E-state index in [2.05, 4.69) is 39.8 Å². The number of thiazole rings is 1. The molecule has 0 fully saturated rings. The predicted octanol–water partition coefficient (Wildman–Crippen LogP) is 5.44. The molecule has 4 amide bonds. The summed E-state index contributed by atoms with van der Waals surface area (Å²) in [5.41, 5.74) is 2.65. The number of alkyl carbamates (subject to hydrolysis) is 1. The third-order valence-electron chi connectivity index (χ3n) is 8.13. The second-order valence-corrected chi connectivity index (χ2v) is 13.9. The number of aromatic nitrogens is 2. The highest BCUT2D eigenvalue weighted by Gasteiger charge is 2.31. The summed E-state index contributed by atoms with van der Waals surface area (Å²) in [5, 5.41) is 23.4. The molecular formula is C37H48N6O6S. The minimum Gasteiger partial charge on any atom is -0.445 e. The van der Waals surface area contributed by atoms with Crippen LogP contribution in [-0.2, 0) is 35.5 Å². The van der Waals surface area contributed by atoms with E-state index < -0.39 is 36.4 Å². The van der Waals surface area contributed by atoms with Gasteiger partial charge in [0.15, 0.2) is 18.8 Å². The number of ether oxygens (including phenoxy) is 1. The molecule has 2 aromatic carbocycles. The number of hydrogen-bond donors (Lipinski definition) is 4. The van der Waals surface area contributed by atoms with E-state index in [4.69, 9.17) is 9.15 Å². The maximum atomic E-state index is 13.9. The first-order valence-corrected chi connectivity index (χ1v) is 17.7. The molecule has 4 rings (SSSR count). The van der Waals surface area contributed by atoms with Crippen molar-refractivity contribution < 1.29 is 28.6 Å². The van der Waals surface area contributed by atoms with Gasteiger partial charge in [-0.15, -0.1) is 11.3 Å². The molecule has 0 spiro atoms. The molecule has 2 heterocycles. The molecule has 0 aliphatic heterocycles. The first-order valence-electron chi connectivity index (χ1n) is 16.8. The number of nitrogens with zero attached hydrogens (tertiary/aromatic N) is 3. The highest BCUT2D eigenvalue weighted by Crippen LogP contribution is 2.20. The Morgan fingerprint density at radius 3 is 2.18 bits per heavy atom. The van der Waals surface area contributed by atoms with Gasteiger partial charge in [0.1, 0.15) is 6.04 Å². The maximum Gasteiger partial charge on any atom is 0.407 e. The molecule has 0 aliphatic rings. The average molecular weight is 705 g/mol. The van der Waals surface area contributed by atoms with E-state index in [0.29, 0.717) is 31.1 Å². The summed E-state index contributed by atoms with van der Waals surface area (Å²) < 4.78 is 10.5. The van der Waals surface area contributed by atoms with Crippen molar-refractivity contribution in [3.05, 3.63) is 106 Å². The van der Waals surface area contributed by atoms with Crippen molar-refractivity contribution in [1.29, 1.82) is 0 Å². The minimum absolute atomic E-state index is 0.112. The number of benzene rings is 2. The van der Waals surface area contributed by atoms with Crippen molar-refractivity contribution in [2.75, 3.05) is 7.05 Å². The first kappa shape index (κ1) is 38.1. The Hall–Kier alpha value is -4.75. The van der Waals surface area contributed by atoms with E-state index in [0.717, 1.165) is 21.8 Å². The Bertz CT molecular complexity index is 1620. The molecule has 4 atom stereocenters. The molecule has 0 bridgehead atoms. The molecular weight excluding hydrogens is 657 g/mol. The summed E-state index contributed by atoms with van der Waals surface area (Å²) in [6, 6.07) is 16.6. The van der Waals surface area contributed by atoms with Crippen molar-refractivity contribution in [3.8, 4) is 0 Å². The molecule has 50 heavy (non-hydrogen) atoms. The van der Waals surface area contributed by atoms with Crippen molar-refractivity contribution in [2.45, 2.75) is 90.3 Å². The third kappa shape index (κ3) is 12.0. The Morgan fingerprint density at radius 1 is 0.940 bits per heavy atom. The Balaban J connectivity index is 1.46. The fraction of sp³-hybridized carbons (Fsp3) is 0.432. The maximum absolute atomic E-state index is 13.9. The minimum atomic E-state index is -1.07. The fourth-order valence-electron chi connectivity index (χ4n) is 5.39. The van der Waals surface area contributed by atoms with Crippen LogP contribution in [0.4, 0.5) is 9.59 Å². The average Bonchev–Trinajstić information content (AvgIpc) is 3.79. The monoisotopic (exact) mass is 704 g/mol. The second-order valence-electron chi connectivity index (χ2n) is 13.0. The number of urea groups is 1. The van der Waals surface area contributed by atoms with Crippen LogP contribution in [-0.4, -0.2) is 69.3 Å². The Labute approximate surface area is 297 Å². The van der Waals surface area contributed by atoms with Gasteiger partial charge in [-0.2, -0.15) is 0 Å². The molecule has 0 radical (unpaired) electrons. The molecule has 0 aliphatic carbocycles. The topological polar surface area (TPSA) is 159 Å². The third-order valence-corrected chi connectivity index (χ3v) is 9.32. The predicted molar refractivity (Wildman–Crippen MR) is 191 cm³/mol. The van der Waals surface area contributed by atoms with Crippen LogP contribution >= 0.6 is 11.3 Å². The number of hydrogen-bond acceptors (Lipinski definition) is 9. The van der Waals surface area contributed by atoms with Crippen molar-refractivity contribution in [3.63, 3.8) is 0 Å². The normalized spacial score (nSPS) is 13.7. The molecule has 1 unspecified atom stereocenters. The van der Waals surface area contributed by atoms with E-state index >= 15 is 0 Å². The summed E-state index contributed by atoms with van der Waals surface area (Å²) in [5.74, 6) is 0.0812. The lowest BCUT2D eigenvalue weighted by atomic mass is 9.93. The summed E-state index contributed by atoms with van der Waals surface area (Å²) in [6.45, 7) is 8.07. The number of carbonyl (C=O) groups excluding carboxylic acids is 3. The number of amides is 4. The molecule has 4 aromatic rings. The lowest BCUT2D eigenvalue weighted by Crippen LogP contribution is -2.55. The first-order chi connectivity index (χ1) is 24.0. The quantitative estimate of drug-likeness (QED) is 0.113. The van der Waals surface area contributed by atoms with Crippen LogP contribution in [0.3, 0.4) is 0 Å². The van der Waals surface area contributed by atoms with Crippen LogP contribution in [0, 0.1) is 5.92 Å². The number of rotatable bonds is 17. The molecule has 0 saturated carbocycles. The standard InChI is InChI=1S/C37H48N6O6S/c1-24(2)33(42-36(46)43(5)20-29-22-50-35(40-29)25(3)4)34(45)39-28(16-26-12-8-6-9-13-26)18-32(44)31(17-27-14-10-7-11-15-27)41-37(47)48-21-30-19-38-23-49-30/h6-15,19,22-25,28,31-33,44H,16-18,20-21H2,1-5H3,(H,39,45)(H,41,47)(H,42,46)/t28-,31-,32-,33?/m0/s1. The summed E-state index contributed by atoms with van der Waals surface area (Å²) in [7, 11) is 1.67. The lowest BCUT2D eigenvalue weighted by molar-refractivity contribution is -0.124. The lowest BCUT2D eigenvalue weighted by Gasteiger charge is -2.30. The van der Waals surface area contributed by atoms with Gasteiger partial charge in [-0.05, 0) is 36.3 Å². The number of aliphatic hydroxyl groups is 1. The molecule has 268 valence electrons. The van der Waals surface area contributed by atoms with Crippen LogP contribution in [0.25, 0.3) is 0 Å². The Morgan fingerprint density at radius 2 is 1.60 bits per heavy atom. The van der Waals surface area contributed by atoms with E-state index in [9.17, 15) is 19.5 Å². The zero-order valence-electron chi connectivity index (χ0n) is 29.2. The molecule has 4 N–H and O–H groups in total. The van der Waals surface area contributed by atoms with E-state index in [-0.39, 0.29) is 24.9 Å². The Kier molecular flexibility index (Phi) is 14.4. The summed E-state index contributed by atoms with van der Waals surface area (Å²) >= 11 is 1.56. The number of carbonyl (C=O) groups is 3. The van der Waals surface area contributed by atoms with Gasteiger partial charge in [0.2, 0.25) is 5.91 Å². The SMILES string of the molecule is CC(C)c1nc(CN(C)C(=O)NC(C(=O)N[C@@H](Cc2ccccc2)C[C@H](O)[C@H](Cc2ccccc2)NC(=O)OCc2cnco2)C(C)C)cs1. The van der Waals surface area contributed by atoms with Crippen molar-refractivity contribution in [2.24, 2.45) is 5.92 Å². The number of oxazole rings is 1. The van der Waals surface area contributed by atoms with Crippen molar-refractivity contribution in [1.82, 2.24) is 30.8 Å². The van der Waals surface area contributed by atoms with Gasteiger partial charge < -0.3 is 35.1 Å². The van der Waals surface area contributed by atoms with Gasteiger partial charge in [-0.3, -0.25) is 4.79 Å². The second kappa shape index (κ2) is 18.9. The van der Waals surface area contributed by atoms with Crippen LogP contribution in [0.5, 0.6) is 0 Å². The van der Waals surface area contributed by atoms with Gasteiger partial charge in [0.05, 0.1) is 35.6 Å². The summed E-state index contributed by atoms with van der Waals surface area (Å²) in [4.78, 5) is 49.9. The zero-order chi connectivity index (χ0) is 36.0. The van der Waals surface area contributed by atoms with E-state index in [1.165, 1.54) is 17.5 Å². The molecule has 12 nitrogen and oxygen atoms in total. The molecule has 0 saturated heterocycles. The van der Waals surface area contributed by atoms with Gasteiger partial charge in [-0.1, -0.05) is 88.4 Å². The van der Waals surface area contributed by atoms with Crippen LogP contribution in [0.15, 0.2) is 83.1 Å². The number of nitrogens with one attached hydrogen (secondary N) is 3. The van der Waals surface area contributed by atoms with Crippen molar-refractivity contribution >= 4 is 29.4 Å². The largest absolute Gasteiger partial charge is 0.445 e. The molecule has 13 heteroatoms. The van der Waals surface area contributed by atoms with Crippen LogP contribution in [0.1, 0.15) is 67.6 Å².